The molecule has 0 spiro atoms. The molecule has 7 nitrogen and oxygen atoms in total. The number of thioether (sulfide) groups is 1. The zero-order chi connectivity index (χ0) is 20.1. The van der Waals surface area contributed by atoms with E-state index in [0.717, 1.165) is 29.5 Å². The highest BCUT2D eigenvalue weighted by atomic mass is 32.2. The van der Waals surface area contributed by atoms with Crippen LogP contribution in [0.4, 0.5) is 5.82 Å². The minimum atomic E-state index is -0.107. The number of anilines is 1. The maximum atomic E-state index is 12.4. The monoisotopic (exact) mass is 410 g/mol. The van der Waals surface area contributed by atoms with E-state index in [1.165, 1.54) is 43.9 Å². The molecule has 0 atom stereocenters. The van der Waals surface area contributed by atoms with Crippen molar-refractivity contribution >= 4 is 23.5 Å². The van der Waals surface area contributed by atoms with Gasteiger partial charge in [-0.2, -0.15) is 5.10 Å². The van der Waals surface area contributed by atoms with E-state index in [4.69, 9.17) is 0 Å². The number of amides is 1. The summed E-state index contributed by atoms with van der Waals surface area (Å²) in [5.41, 5.74) is 1.75. The molecule has 8 heteroatoms. The number of aromatic nitrogens is 5. The van der Waals surface area contributed by atoms with Crippen LogP contribution >= 0.6 is 11.8 Å². The molecule has 1 aliphatic rings. The lowest BCUT2D eigenvalue weighted by Crippen LogP contribution is -2.17. The molecule has 152 valence electrons. The summed E-state index contributed by atoms with van der Waals surface area (Å²) >= 11 is 1.34. The molecule has 29 heavy (non-hydrogen) atoms. The van der Waals surface area contributed by atoms with Crippen LogP contribution in [-0.2, 0) is 11.2 Å². The number of carbonyl (C=O) groups excluding carboxylic acids is 1. The molecule has 1 saturated carbocycles. The number of hydrogen-bond acceptors (Lipinski definition) is 5. The highest BCUT2D eigenvalue weighted by Crippen LogP contribution is 2.28. The molecule has 2 aromatic heterocycles. The number of carbonyl (C=O) groups is 1. The predicted molar refractivity (Wildman–Crippen MR) is 114 cm³/mol. The van der Waals surface area contributed by atoms with E-state index in [9.17, 15) is 4.79 Å². The van der Waals surface area contributed by atoms with Crippen LogP contribution in [0.25, 0.3) is 5.69 Å². The molecule has 0 unspecified atom stereocenters. The van der Waals surface area contributed by atoms with Gasteiger partial charge in [0.2, 0.25) is 11.1 Å². The number of nitrogens with one attached hydrogen (secondary N) is 2. The van der Waals surface area contributed by atoms with Crippen LogP contribution in [0.1, 0.15) is 43.6 Å². The number of hydrogen-bond donors (Lipinski definition) is 2. The van der Waals surface area contributed by atoms with Gasteiger partial charge in [0.15, 0.2) is 0 Å². The third-order valence-electron chi connectivity index (χ3n) is 5.21. The van der Waals surface area contributed by atoms with Crippen molar-refractivity contribution in [3.05, 3.63) is 47.9 Å². The summed E-state index contributed by atoms with van der Waals surface area (Å²) < 4.78 is 1.74. The van der Waals surface area contributed by atoms with E-state index in [1.807, 2.05) is 43.3 Å². The number of aromatic amines is 1. The van der Waals surface area contributed by atoms with Gasteiger partial charge in [-0.15, -0.1) is 5.10 Å². The van der Waals surface area contributed by atoms with Gasteiger partial charge < -0.3 is 5.32 Å². The van der Waals surface area contributed by atoms with E-state index in [-0.39, 0.29) is 11.7 Å². The quantitative estimate of drug-likeness (QED) is 0.545. The summed E-state index contributed by atoms with van der Waals surface area (Å²) in [5, 5.41) is 15.3. The first-order chi connectivity index (χ1) is 14.2. The third-order valence-corrected chi connectivity index (χ3v) is 6.05. The molecule has 1 amide bonds. The Hall–Kier alpha value is -2.61. The van der Waals surface area contributed by atoms with Crippen LogP contribution in [-0.4, -0.2) is 36.6 Å². The molecule has 0 radical (unpaired) electrons. The van der Waals surface area contributed by atoms with Crippen molar-refractivity contribution in [2.24, 2.45) is 5.92 Å². The molecular formula is C21H26N6OS. The molecule has 3 aromatic rings. The van der Waals surface area contributed by atoms with E-state index in [0.29, 0.717) is 11.0 Å². The normalized spacial score (nSPS) is 14.4. The standard InChI is InChI=1S/C21H26N6OS/c1-15-13-19(27(26-15)17-9-3-2-4-10-17)23-20(28)14-29-21-22-18(24-25-21)12-11-16-7-5-6-8-16/h2-4,9-10,13,16H,5-8,11-12,14H2,1H3,(H,23,28)(H,22,24,25). The van der Waals surface area contributed by atoms with Crippen molar-refractivity contribution in [1.29, 1.82) is 0 Å². The second kappa shape index (κ2) is 9.26. The van der Waals surface area contributed by atoms with Crippen LogP contribution in [0.15, 0.2) is 41.6 Å². The Labute approximate surface area is 174 Å². The number of benzene rings is 1. The second-order valence-corrected chi connectivity index (χ2v) is 8.45. The fraction of sp³-hybridized carbons (Fsp3) is 0.429. The van der Waals surface area contributed by atoms with E-state index in [2.05, 4.69) is 25.6 Å². The molecule has 2 heterocycles. The minimum Gasteiger partial charge on any atom is -0.310 e. The van der Waals surface area contributed by atoms with Gasteiger partial charge in [0.25, 0.3) is 0 Å². The first-order valence-electron chi connectivity index (χ1n) is 10.1. The van der Waals surface area contributed by atoms with Crippen molar-refractivity contribution in [2.75, 3.05) is 11.1 Å². The van der Waals surface area contributed by atoms with Gasteiger partial charge in [0.05, 0.1) is 17.1 Å². The Morgan fingerprint density at radius 2 is 2.07 bits per heavy atom. The van der Waals surface area contributed by atoms with Crippen molar-refractivity contribution in [3.63, 3.8) is 0 Å². The topological polar surface area (TPSA) is 88.5 Å². The summed E-state index contributed by atoms with van der Waals surface area (Å²) in [4.78, 5) is 17.0. The molecule has 1 aliphatic carbocycles. The molecule has 4 rings (SSSR count). The fourth-order valence-corrected chi connectivity index (χ4v) is 4.37. The summed E-state index contributed by atoms with van der Waals surface area (Å²) in [5.74, 6) is 2.55. The Morgan fingerprint density at radius 1 is 1.28 bits per heavy atom. The van der Waals surface area contributed by atoms with Crippen LogP contribution in [0.2, 0.25) is 0 Å². The third kappa shape index (κ3) is 5.26. The summed E-state index contributed by atoms with van der Waals surface area (Å²) in [6.07, 6.45) is 7.51. The zero-order valence-corrected chi connectivity index (χ0v) is 17.4. The Balaban J connectivity index is 1.30. The van der Waals surface area contributed by atoms with Gasteiger partial charge >= 0.3 is 0 Å². The second-order valence-electron chi connectivity index (χ2n) is 7.51. The van der Waals surface area contributed by atoms with Gasteiger partial charge in [-0.25, -0.2) is 9.67 Å². The van der Waals surface area contributed by atoms with Crippen LogP contribution < -0.4 is 5.32 Å². The predicted octanol–water partition coefficient (Wildman–Crippen LogP) is 4.15. The van der Waals surface area contributed by atoms with Crippen molar-refractivity contribution < 1.29 is 4.79 Å². The van der Waals surface area contributed by atoms with Crippen molar-refractivity contribution in [2.45, 2.75) is 50.6 Å². The van der Waals surface area contributed by atoms with Gasteiger partial charge in [-0.05, 0) is 31.4 Å². The molecule has 0 saturated heterocycles. The Morgan fingerprint density at radius 3 is 2.86 bits per heavy atom. The molecule has 1 aromatic carbocycles. The van der Waals surface area contributed by atoms with Gasteiger partial charge in [-0.1, -0.05) is 55.6 Å². The summed E-state index contributed by atoms with van der Waals surface area (Å²) in [6, 6.07) is 11.6. The molecule has 0 bridgehead atoms. The lowest BCUT2D eigenvalue weighted by molar-refractivity contribution is -0.113. The number of rotatable bonds is 8. The van der Waals surface area contributed by atoms with E-state index in [1.54, 1.807) is 4.68 Å². The van der Waals surface area contributed by atoms with Crippen molar-refractivity contribution in [1.82, 2.24) is 25.0 Å². The number of aryl methyl sites for hydroxylation is 2. The maximum Gasteiger partial charge on any atom is 0.236 e. The van der Waals surface area contributed by atoms with Crippen molar-refractivity contribution in [3.8, 4) is 5.69 Å². The van der Waals surface area contributed by atoms with Crippen LogP contribution in [0.3, 0.4) is 0 Å². The maximum absolute atomic E-state index is 12.4. The van der Waals surface area contributed by atoms with Gasteiger partial charge in [-0.3, -0.25) is 9.89 Å². The Bertz CT molecular complexity index is 945. The average Bonchev–Trinajstić information content (AvgIpc) is 3.47. The van der Waals surface area contributed by atoms with E-state index >= 15 is 0 Å². The minimum absolute atomic E-state index is 0.107. The lowest BCUT2D eigenvalue weighted by Gasteiger charge is -2.08. The molecular weight excluding hydrogens is 384 g/mol. The first kappa shape index (κ1) is 19.7. The highest BCUT2D eigenvalue weighted by Gasteiger charge is 2.16. The summed E-state index contributed by atoms with van der Waals surface area (Å²) in [6.45, 7) is 1.91. The molecule has 1 fully saturated rings. The van der Waals surface area contributed by atoms with Crippen LogP contribution in [0.5, 0.6) is 0 Å². The number of nitrogens with zero attached hydrogens (tertiary/aromatic N) is 4. The smallest absolute Gasteiger partial charge is 0.236 e. The summed E-state index contributed by atoms with van der Waals surface area (Å²) in [7, 11) is 0. The number of H-pyrrole nitrogens is 1. The number of para-hydroxylation sites is 1. The van der Waals surface area contributed by atoms with Crippen LogP contribution in [0, 0.1) is 12.8 Å². The average molecular weight is 411 g/mol. The fourth-order valence-electron chi connectivity index (χ4n) is 3.76. The van der Waals surface area contributed by atoms with Gasteiger partial charge in [0, 0.05) is 12.5 Å². The Kier molecular flexibility index (Phi) is 6.29. The van der Waals surface area contributed by atoms with E-state index < -0.39 is 0 Å². The zero-order valence-electron chi connectivity index (χ0n) is 16.6. The lowest BCUT2D eigenvalue weighted by atomic mass is 10.0. The highest BCUT2D eigenvalue weighted by molar-refractivity contribution is 7.99. The first-order valence-corrected chi connectivity index (χ1v) is 11.1. The molecule has 2 N–H and O–H groups in total. The van der Waals surface area contributed by atoms with Gasteiger partial charge in [0.1, 0.15) is 11.6 Å². The molecule has 0 aliphatic heterocycles. The largest absolute Gasteiger partial charge is 0.310 e. The SMILES string of the molecule is Cc1cc(NC(=O)CSc2n[nH]c(CCC3CCCC3)n2)n(-c2ccccc2)n1.